The molecular formula is C22H22F6N5O+. The number of nitrogens with one attached hydrogen (secondary N) is 1. The molecule has 0 atom stereocenters. The van der Waals surface area contributed by atoms with Gasteiger partial charge in [-0.2, -0.15) is 31.3 Å². The predicted molar refractivity (Wildman–Crippen MR) is 105 cm³/mol. The smallest absolute Gasteiger partial charge is 0.339 e. The van der Waals surface area contributed by atoms with Gasteiger partial charge in [0.05, 0.1) is 23.6 Å². The number of aromatic nitrogens is 5. The number of aromatic amines is 1. The lowest BCUT2D eigenvalue weighted by Crippen LogP contribution is -2.52. The van der Waals surface area contributed by atoms with Gasteiger partial charge in [-0.3, -0.25) is 0 Å². The molecule has 3 aliphatic rings. The molecule has 2 aromatic heterocycles. The van der Waals surface area contributed by atoms with Crippen molar-refractivity contribution in [3.63, 3.8) is 0 Å². The average molecular weight is 486 g/mol. The van der Waals surface area contributed by atoms with Crippen molar-refractivity contribution in [3.05, 3.63) is 47.4 Å². The lowest BCUT2D eigenvalue weighted by atomic mass is 9.53. The van der Waals surface area contributed by atoms with Gasteiger partial charge in [-0.25, -0.2) is 4.57 Å². The molecule has 0 amide bonds. The summed E-state index contributed by atoms with van der Waals surface area (Å²) in [4.78, 5) is 4.05. The van der Waals surface area contributed by atoms with Crippen LogP contribution in [0.1, 0.15) is 61.6 Å². The van der Waals surface area contributed by atoms with Crippen LogP contribution in [0.25, 0.3) is 11.4 Å². The normalized spacial score (nSPS) is 25.1. The molecule has 6 rings (SSSR count). The van der Waals surface area contributed by atoms with Crippen molar-refractivity contribution in [3.8, 4) is 11.4 Å². The summed E-state index contributed by atoms with van der Waals surface area (Å²) in [6.07, 6.45) is -6.19. The van der Waals surface area contributed by atoms with E-state index in [2.05, 4.69) is 20.3 Å². The molecule has 3 aliphatic carbocycles. The zero-order valence-electron chi connectivity index (χ0n) is 18.2. The molecule has 2 heterocycles. The van der Waals surface area contributed by atoms with Gasteiger partial charge in [0.25, 0.3) is 0 Å². The van der Waals surface area contributed by atoms with Gasteiger partial charge in [-0.1, -0.05) is 17.3 Å². The van der Waals surface area contributed by atoms with Crippen LogP contribution >= 0.6 is 0 Å². The minimum Gasteiger partial charge on any atom is -0.339 e. The first-order valence-electron chi connectivity index (χ1n) is 10.9. The van der Waals surface area contributed by atoms with Crippen LogP contribution in [-0.4, -0.2) is 26.5 Å². The largest absolute Gasteiger partial charge is 0.417 e. The van der Waals surface area contributed by atoms with E-state index in [0.29, 0.717) is 44.3 Å². The van der Waals surface area contributed by atoms with E-state index >= 15 is 0 Å². The van der Waals surface area contributed by atoms with Gasteiger partial charge in [0.15, 0.2) is 5.82 Å². The van der Waals surface area contributed by atoms with Gasteiger partial charge < -0.3 is 4.52 Å². The number of alkyl halides is 6. The molecule has 6 nitrogen and oxygen atoms in total. The zero-order chi connectivity index (χ0) is 24.4. The molecule has 1 aromatic carbocycles. The van der Waals surface area contributed by atoms with Crippen LogP contribution in [0.5, 0.6) is 0 Å². The van der Waals surface area contributed by atoms with Crippen LogP contribution in [0, 0.1) is 0 Å². The summed E-state index contributed by atoms with van der Waals surface area (Å²) in [6.45, 7) is 0. The molecular weight excluding hydrogens is 464 g/mol. The average Bonchev–Trinajstić information content (AvgIpc) is 3.40. The number of halogens is 6. The van der Waals surface area contributed by atoms with Crippen LogP contribution in [0.2, 0.25) is 0 Å². The third-order valence-corrected chi connectivity index (χ3v) is 7.44. The van der Waals surface area contributed by atoms with Gasteiger partial charge in [0.1, 0.15) is 6.42 Å². The number of hydrogen-bond acceptors (Lipinski definition) is 4. The second-order valence-corrected chi connectivity index (χ2v) is 9.36. The fraction of sp³-hybridized carbons (Fsp3) is 0.545. The maximum Gasteiger partial charge on any atom is 0.417 e. The summed E-state index contributed by atoms with van der Waals surface area (Å²) in [5.41, 5.74) is -1.51. The van der Waals surface area contributed by atoms with E-state index in [0.717, 1.165) is 11.9 Å². The van der Waals surface area contributed by atoms with Gasteiger partial charge >= 0.3 is 18.2 Å². The SMILES string of the molecule is C[n+]1c(-c2ccccc2C(F)(F)F)n[nH]c1C12CCC(c3noc(CC(F)(F)F)n3)(CC1)CC2. The summed E-state index contributed by atoms with van der Waals surface area (Å²) in [7, 11) is 1.70. The quantitative estimate of drug-likeness (QED) is 0.419. The molecule has 3 saturated carbocycles. The Morgan fingerprint density at radius 1 is 0.971 bits per heavy atom. The minimum absolute atomic E-state index is 0.00126. The van der Waals surface area contributed by atoms with Gasteiger partial charge in [-0.05, 0) is 50.7 Å². The van der Waals surface area contributed by atoms with Crippen LogP contribution in [0.3, 0.4) is 0 Å². The summed E-state index contributed by atoms with van der Waals surface area (Å²) in [5.74, 6) is 0.828. The van der Waals surface area contributed by atoms with E-state index in [9.17, 15) is 26.3 Å². The molecule has 182 valence electrons. The predicted octanol–water partition coefficient (Wildman–Crippen LogP) is 4.95. The van der Waals surface area contributed by atoms with E-state index in [1.54, 1.807) is 17.7 Å². The highest BCUT2D eigenvalue weighted by Crippen LogP contribution is 2.57. The molecule has 34 heavy (non-hydrogen) atoms. The number of rotatable bonds is 4. The molecule has 0 unspecified atom stereocenters. The van der Waals surface area contributed by atoms with E-state index in [1.807, 2.05) is 0 Å². The van der Waals surface area contributed by atoms with E-state index < -0.39 is 35.6 Å². The number of hydrogen-bond donors (Lipinski definition) is 1. The monoisotopic (exact) mass is 486 g/mol. The highest BCUT2D eigenvalue weighted by molar-refractivity contribution is 5.58. The first-order valence-corrected chi connectivity index (χ1v) is 10.9. The van der Waals surface area contributed by atoms with Crippen molar-refractivity contribution in [2.24, 2.45) is 7.05 Å². The summed E-state index contributed by atoms with van der Waals surface area (Å²) < 4.78 is 85.2. The third kappa shape index (κ3) is 3.76. The topological polar surface area (TPSA) is 71.5 Å². The van der Waals surface area contributed by atoms with Crippen molar-refractivity contribution in [2.75, 3.05) is 0 Å². The fourth-order valence-electron chi connectivity index (χ4n) is 5.59. The first-order chi connectivity index (χ1) is 15.9. The number of benzene rings is 1. The number of fused-ring (bicyclic) bond motifs is 3. The van der Waals surface area contributed by atoms with E-state index in [-0.39, 0.29) is 16.8 Å². The Kier molecular flexibility index (Phi) is 5.07. The highest BCUT2D eigenvalue weighted by atomic mass is 19.4. The van der Waals surface area contributed by atoms with Crippen molar-refractivity contribution < 1.29 is 35.4 Å². The maximum atomic E-state index is 13.5. The Labute approximate surface area is 190 Å². The van der Waals surface area contributed by atoms with Crippen LogP contribution in [-0.2, 0) is 30.5 Å². The second-order valence-electron chi connectivity index (χ2n) is 9.36. The Balaban J connectivity index is 1.41. The molecule has 3 fully saturated rings. The second kappa shape index (κ2) is 7.54. The Bertz CT molecular complexity index is 1190. The van der Waals surface area contributed by atoms with Crippen molar-refractivity contribution in [2.45, 2.75) is 68.1 Å². The van der Waals surface area contributed by atoms with E-state index in [4.69, 9.17) is 4.52 Å². The molecule has 0 radical (unpaired) electrons. The van der Waals surface area contributed by atoms with Crippen LogP contribution < -0.4 is 4.57 Å². The van der Waals surface area contributed by atoms with Gasteiger partial charge in [0.2, 0.25) is 11.7 Å². The Morgan fingerprint density at radius 2 is 1.59 bits per heavy atom. The fourth-order valence-corrected chi connectivity index (χ4v) is 5.59. The number of nitrogens with zero attached hydrogens (tertiary/aromatic N) is 4. The highest BCUT2D eigenvalue weighted by Gasteiger charge is 2.56. The van der Waals surface area contributed by atoms with Gasteiger partial charge in [0, 0.05) is 10.5 Å². The van der Waals surface area contributed by atoms with Crippen molar-refractivity contribution in [1.29, 1.82) is 0 Å². The first kappa shape index (κ1) is 22.9. The molecule has 2 bridgehead atoms. The van der Waals surface area contributed by atoms with Crippen LogP contribution in [0.4, 0.5) is 26.3 Å². The lowest BCUT2D eigenvalue weighted by molar-refractivity contribution is -0.673. The van der Waals surface area contributed by atoms with Gasteiger partial charge in [-0.15, -0.1) is 5.10 Å². The molecule has 0 aliphatic heterocycles. The van der Waals surface area contributed by atoms with Crippen molar-refractivity contribution in [1.82, 2.24) is 20.3 Å². The molecule has 12 heteroatoms. The summed E-state index contributed by atoms with van der Waals surface area (Å²) >= 11 is 0. The maximum absolute atomic E-state index is 13.5. The minimum atomic E-state index is -4.51. The van der Waals surface area contributed by atoms with Crippen molar-refractivity contribution >= 4 is 0 Å². The zero-order valence-corrected chi connectivity index (χ0v) is 18.2. The summed E-state index contributed by atoms with van der Waals surface area (Å²) in [6, 6.07) is 5.33. The standard InChI is InChI=1S/C22H21F6N5O/c1-33-16(13-4-2-3-5-14(13)22(26,27)28)30-31-18(33)20-9-6-19(7-10-20,8-11-20)17-29-15(34-32-17)12-21(23,24)25/h2-5H,6-12H2,1H3/p+1. The lowest BCUT2D eigenvalue weighted by Gasteiger charge is -2.50. The molecule has 0 spiro atoms. The molecule has 1 N–H and O–H groups in total. The summed E-state index contributed by atoms with van der Waals surface area (Å²) in [5, 5.41) is 11.1. The third-order valence-electron chi connectivity index (χ3n) is 7.44. The Morgan fingerprint density at radius 3 is 2.21 bits per heavy atom. The molecule has 0 saturated heterocycles. The van der Waals surface area contributed by atoms with E-state index in [1.165, 1.54) is 12.1 Å². The molecule has 3 aromatic rings. The Hall–Kier alpha value is -2.92. The number of H-pyrrole nitrogens is 1. The van der Waals surface area contributed by atoms with Crippen LogP contribution in [0.15, 0.2) is 28.8 Å².